The van der Waals surface area contributed by atoms with Gasteiger partial charge in [0.25, 0.3) is 11.8 Å². The smallest absolute Gasteiger partial charge is 0.408 e. The number of hydrogen-bond donors (Lipinski definition) is 2. The number of carboxylic acid groups (broad SMARTS) is 1. The molecule has 4 aromatic heterocycles. The average Bonchev–Trinajstić information content (AvgIpc) is 3.60. The number of nitrogens with one attached hydrogen (secondary N) is 1. The minimum absolute atomic E-state index is 0.0467. The van der Waals surface area contributed by atoms with Gasteiger partial charge in [-0.05, 0) is 94.5 Å². The second kappa shape index (κ2) is 11.7. The summed E-state index contributed by atoms with van der Waals surface area (Å²) >= 11 is 0. The Morgan fingerprint density at radius 3 is 2.62 bits per heavy atom. The van der Waals surface area contributed by atoms with Crippen LogP contribution in [0.1, 0.15) is 71.9 Å². The average molecular weight is 678 g/mol. The van der Waals surface area contributed by atoms with Gasteiger partial charge in [-0.15, -0.1) is 0 Å². The fourth-order valence-electron chi connectivity index (χ4n) is 7.70. The van der Waals surface area contributed by atoms with Gasteiger partial charge in [-0.2, -0.15) is 5.10 Å². The predicted octanol–water partition coefficient (Wildman–Crippen LogP) is 6.31. The molecule has 3 amide bonds. The van der Waals surface area contributed by atoms with Crippen LogP contribution in [0, 0.1) is 12.8 Å². The molecule has 5 aromatic rings. The molecule has 12 heteroatoms. The molecule has 3 aliphatic rings. The van der Waals surface area contributed by atoms with Gasteiger partial charge in [0.05, 0.1) is 35.1 Å². The highest BCUT2D eigenvalue weighted by atomic mass is 19.1. The Labute approximate surface area is 288 Å². The van der Waals surface area contributed by atoms with Crippen LogP contribution in [0.15, 0.2) is 54.7 Å². The molecule has 1 saturated carbocycles. The third-order valence-electron chi connectivity index (χ3n) is 10.3. The van der Waals surface area contributed by atoms with Crippen molar-refractivity contribution in [2.45, 2.75) is 77.8 Å². The first kappa shape index (κ1) is 32.0. The Balaban J connectivity index is 1.13. The molecule has 50 heavy (non-hydrogen) atoms. The van der Waals surface area contributed by atoms with Crippen molar-refractivity contribution >= 4 is 34.5 Å². The van der Waals surface area contributed by atoms with E-state index in [1.807, 2.05) is 37.3 Å². The van der Waals surface area contributed by atoms with Crippen molar-refractivity contribution < 1.29 is 23.9 Å². The number of piperidine rings is 1. The summed E-state index contributed by atoms with van der Waals surface area (Å²) in [5, 5.41) is 18.8. The van der Waals surface area contributed by atoms with E-state index in [-0.39, 0.29) is 31.3 Å². The van der Waals surface area contributed by atoms with Gasteiger partial charge in [0.1, 0.15) is 17.5 Å². The fourth-order valence-corrected chi connectivity index (χ4v) is 7.70. The number of nitrogens with zero attached hydrogens (tertiary/aromatic N) is 6. The van der Waals surface area contributed by atoms with Crippen LogP contribution in [-0.2, 0) is 13.1 Å². The van der Waals surface area contributed by atoms with Crippen molar-refractivity contribution in [2.24, 2.45) is 5.92 Å². The zero-order valence-electron chi connectivity index (χ0n) is 28.6. The van der Waals surface area contributed by atoms with Crippen LogP contribution in [0.2, 0.25) is 0 Å². The molecule has 0 unspecified atom stereocenters. The SMILES string of the molecule is Cc1c(-c2cc3ccc(-c4ccc5c(c4)CNC5=O)nc3n2CC2CC2)nn2cc(C(=O)N3C[C@H](F)C[C@@H](N(C(=O)O)C(C)(C)C)C3)ccc12. The summed E-state index contributed by atoms with van der Waals surface area (Å²) in [7, 11) is 0. The van der Waals surface area contributed by atoms with Crippen molar-refractivity contribution in [3.05, 3.63) is 77.0 Å². The third kappa shape index (κ3) is 5.56. The molecule has 1 aliphatic carbocycles. The minimum atomic E-state index is -1.34. The van der Waals surface area contributed by atoms with Crippen molar-refractivity contribution in [1.29, 1.82) is 0 Å². The van der Waals surface area contributed by atoms with E-state index in [4.69, 9.17) is 10.1 Å². The third-order valence-corrected chi connectivity index (χ3v) is 10.3. The number of amides is 3. The van der Waals surface area contributed by atoms with Gasteiger partial charge in [0.15, 0.2) is 0 Å². The molecule has 8 rings (SSSR count). The molecule has 2 N–H and O–H groups in total. The number of likely N-dealkylation sites (tertiary alicyclic amines) is 1. The summed E-state index contributed by atoms with van der Waals surface area (Å²) in [5.41, 5.74) is 7.50. The number of pyridine rings is 2. The normalized spacial score (nSPS) is 19.2. The van der Waals surface area contributed by atoms with E-state index in [2.05, 4.69) is 22.0 Å². The van der Waals surface area contributed by atoms with E-state index in [1.54, 1.807) is 37.5 Å². The van der Waals surface area contributed by atoms with Crippen LogP contribution in [0.3, 0.4) is 0 Å². The number of carbonyl (C=O) groups is 3. The minimum Gasteiger partial charge on any atom is -0.465 e. The molecule has 2 fully saturated rings. The number of fused-ring (bicyclic) bond motifs is 3. The quantitative estimate of drug-likeness (QED) is 0.217. The van der Waals surface area contributed by atoms with Gasteiger partial charge in [-0.25, -0.2) is 18.7 Å². The molecule has 0 radical (unpaired) electrons. The molecular weight excluding hydrogens is 637 g/mol. The first-order chi connectivity index (χ1) is 23.9. The lowest BCUT2D eigenvalue weighted by Crippen LogP contribution is -2.59. The van der Waals surface area contributed by atoms with Gasteiger partial charge < -0.3 is 19.9 Å². The monoisotopic (exact) mass is 677 g/mol. The van der Waals surface area contributed by atoms with Gasteiger partial charge >= 0.3 is 6.09 Å². The summed E-state index contributed by atoms with van der Waals surface area (Å²) in [6.45, 7) is 8.69. The van der Waals surface area contributed by atoms with Crippen LogP contribution in [-0.4, -0.2) is 82.8 Å². The van der Waals surface area contributed by atoms with Crippen LogP contribution in [0.5, 0.6) is 0 Å². The van der Waals surface area contributed by atoms with Gasteiger partial charge in [-0.1, -0.05) is 6.07 Å². The molecule has 2 aliphatic heterocycles. The summed E-state index contributed by atoms with van der Waals surface area (Å²) < 4.78 is 19.0. The van der Waals surface area contributed by atoms with E-state index < -0.39 is 23.8 Å². The number of aryl methyl sites for hydroxylation is 1. The molecule has 11 nitrogen and oxygen atoms in total. The molecule has 1 saturated heterocycles. The molecule has 258 valence electrons. The number of benzene rings is 1. The highest BCUT2D eigenvalue weighted by Gasteiger charge is 2.40. The van der Waals surface area contributed by atoms with E-state index >= 15 is 4.39 Å². The van der Waals surface area contributed by atoms with Crippen molar-refractivity contribution in [1.82, 2.24) is 34.3 Å². The number of hydrogen-bond acceptors (Lipinski definition) is 5. The van der Waals surface area contributed by atoms with Crippen LogP contribution >= 0.6 is 0 Å². The summed E-state index contributed by atoms with van der Waals surface area (Å²) in [6, 6.07) is 15.0. The van der Waals surface area contributed by atoms with Crippen molar-refractivity contribution in [3.63, 3.8) is 0 Å². The van der Waals surface area contributed by atoms with E-state index in [9.17, 15) is 19.5 Å². The molecule has 0 spiro atoms. The Morgan fingerprint density at radius 1 is 1.08 bits per heavy atom. The lowest BCUT2D eigenvalue weighted by molar-refractivity contribution is 0.0125. The summed E-state index contributed by atoms with van der Waals surface area (Å²) in [4.78, 5) is 45.8. The first-order valence-electron chi connectivity index (χ1n) is 17.2. The maximum atomic E-state index is 15.0. The maximum Gasteiger partial charge on any atom is 0.408 e. The standard InChI is InChI=1S/C38H40FN7O4/c1-21-31-12-9-25(36(48)43-19-27(39)15-28(20-43)46(37(49)50)38(2,3)4)18-45(31)42-33(21)32-14-24-8-11-30(41-34(24)44(32)17-22-5-6-22)23-7-10-29-26(13-23)16-40-35(29)47/h7-14,18,22,27-28H,5-6,15-17,19-20H2,1-4H3,(H,40,47)(H,49,50)/t27-,28-/m1/s1. The molecular formula is C38H40FN7O4. The zero-order valence-corrected chi connectivity index (χ0v) is 28.6. The lowest BCUT2D eigenvalue weighted by Gasteiger charge is -2.45. The summed E-state index contributed by atoms with van der Waals surface area (Å²) in [6.07, 6.45) is 1.59. The number of aromatic nitrogens is 4. The first-order valence-corrected chi connectivity index (χ1v) is 17.2. The highest BCUT2D eigenvalue weighted by Crippen LogP contribution is 2.38. The highest BCUT2D eigenvalue weighted by molar-refractivity contribution is 5.99. The maximum absolute atomic E-state index is 15.0. The zero-order chi connectivity index (χ0) is 35.1. The number of alkyl halides is 1. The number of rotatable bonds is 6. The Morgan fingerprint density at radius 2 is 1.88 bits per heavy atom. The van der Waals surface area contributed by atoms with E-state index in [0.717, 1.165) is 69.7 Å². The second-order valence-corrected chi connectivity index (χ2v) is 15.0. The topological polar surface area (TPSA) is 125 Å². The molecule has 1 aromatic carbocycles. The van der Waals surface area contributed by atoms with Gasteiger partial charge in [0, 0.05) is 59.9 Å². The van der Waals surface area contributed by atoms with Crippen molar-refractivity contribution in [3.8, 4) is 22.6 Å². The number of carbonyl (C=O) groups excluding carboxylic acids is 2. The summed E-state index contributed by atoms with van der Waals surface area (Å²) in [5.74, 6) is 0.157. The van der Waals surface area contributed by atoms with Crippen molar-refractivity contribution in [2.75, 3.05) is 13.1 Å². The second-order valence-electron chi connectivity index (χ2n) is 15.0. The molecule has 6 heterocycles. The lowest BCUT2D eigenvalue weighted by atomic mass is 9.96. The largest absolute Gasteiger partial charge is 0.465 e. The fraction of sp³-hybridized carbons (Fsp3) is 0.395. The predicted molar refractivity (Wildman–Crippen MR) is 187 cm³/mol. The van der Waals surface area contributed by atoms with Gasteiger partial charge in [-0.3, -0.25) is 14.5 Å². The molecule has 0 bridgehead atoms. The van der Waals surface area contributed by atoms with Crippen LogP contribution in [0.4, 0.5) is 9.18 Å². The van der Waals surface area contributed by atoms with Crippen LogP contribution in [0.25, 0.3) is 39.2 Å². The number of halogens is 1. The van der Waals surface area contributed by atoms with E-state index in [0.29, 0.717) is 23.6 Å². The molecule has 2 atom stereocenters. The Kier molecular flexibility index (Phi) is 7.46. The van der Waals surface area contributed by atoms with E-state index in [1.165, 1.54) is 9.80 Å². The van der Waals surface area contributed by atoms with Gasteiger partial charge in [0.2, 0.25) is 0 Å². The Hall–Kier alpha value is -5.26. The Bertz CT molecular complexity index is 2210. The van der Waals surface area contributed by atoms with Crippen LogP contribution < -0.4 is 5.32 Å².